The van der Waals surface area contributed by atoms with Gasteiger partial charge in [-0.1, -0.05) is 0 Å². The van der Waals surface area contributed by atoms with Crippen LogP contribution >= 0.6 is 0 Å². The molecule has 0 aromatic carbocycles. The normalized spacial score (nSPS) is 28.6. The largest absolute Gasteiger partial charge is 0.469 e. The minimum atomic E-state index is -0.146. The molecule has 0 spiro atoms. The molecule has 1 atom stereocenters. The lowest BCUT2D eigenvalue weighted by molar-refractivity contribution is 0.156. The smallest absolute Gasteiger partial charge is 0.112 e. The van der Waals surface area contributed by atoms with Crippen molar-refractivity contribution in [1.82, 2.24) is 5.32 Å². The summed E-state index contributed by atoms with van der Waals surface area (Å²) in [5, 5.41) is 12.9. The van der Waals surface area contributed by atoms with E-state index >= 15 is 0 Å². The predicted molar refractivity (Wildman–Crippen MR) is 54.2 cm³/mol. The van der Waals surface area contributed by atoms with E-state index in [1.165, 1.54) is 0 Å². The Hall–Kier alpha value is -0.800. The van der Waals surface area contributed by atoms with Crippen molar-refractivity contribution in [3.05, 3.63) is 24.2 Å². The first-order valence-electron chi connectivity index (χ1n) is 5.23. The van der Waals surface area contributed by atoms with Gasteiger partial charge in [-0.15, -0.1) is 0 Å². The summed E-state index contributed by atoms with van der Waals surface area (Å²) in [6.07, 6.45) is 4.74. The van der Waals surface area contributed by atoms with Crippen LogP contribution in [-0.2, 0) is 5.41 Å². The van der Waals surface area contributed by atoms with Gasteiger partial charge in [0.1, 0.15) is 5.76 Å². The lowest BCUT2D eigenvalue weighted by Gasteiger charge is -2.27. The highest BCUT2D eigenvalue weighted by atomic mass is 16.3. The van der Waals surface area contributed by atoms with Gasteiger partial charge < -0.3 is 14.8 Å². The molecule has 1 fully saturated rings. The van der Waals surface area contributed by atoms with E-state index in [0.717, 1.165) is 38.1 Å². The van der Waals surface area contributed by atoms with Gasteiger partial charge in [0, 0.05) is 0 Å². The van der Waals surface area contributed by atoms with Crippen LogP contribution in [0.3, 0.4) is 0 Å². The standard InChI is InChI=1S/C11H17NO2/c13-9-11(10-3-1-8-14-10)4-2-6-12-7-5-11/h1,3,8,12-13H,2,4-7,9H2. The number of aliphatic hydroxyl groups is 1. The number of rotatable bonds is 2. The highest BCUT2D eigenvalue weighted by Gasteiger charge is 2.34. The molecule has 2 N–H and O–H groups in total. The predicted octanol–water partition coefficient (Wildman–Crippen LogP) is 1.28. The first-order chi connectivity index (χ1) is 6.87. The third kappa shape index (κ3) is 1.70. The molecule has 1 unspecified atom stereocenters. The monoisotopic (exact) mass is 195 g/mol. The highest BCUT2D eigenvalue weighted by molar-refractivity contribution is 5.14. The van der Waals surface area contributed by atoms with Crippen molar-refractivity contribution in [3.8, 4) is 0 Å². The second kappa shape index (κ2) is 4.15. The average molecular weight is 195 g/mol. The van der Waals surface area contributed by atoms with Crippen LogP contribution in [0, 0.1) is 0 Å². The molecule has 0 saturated carbocycles. The zero-order chi connectivity index (χ0) is 9.86. The Bertz CT molecular complexity index is 261. The molecule has 1 aromatic rings. The third-order valence-corrected chi connectivity index (χ3v) is 3.14. The molecule has 0 radical (unpaired) electrons. The van der Waals surface area contributed by atoms with E-state index < -0.39 is 0 Å². The second-order valence-electron chi connectivity index (χ2n) is 4.02. The summed E-state index contributed by atoms with van der Waals surface area (Å²) in [6, 6.07) is 3.87. The fraction of sp³-hybridized carbons (Fsp3) is 0.636. The topological polar surface area (TPSA) is 45.4 Å². The Morgan fingerprint density at radius 3 is 3.07 bits per heavy atom. The van der Waals surface area contributed by atoms with Crippen molar-refractivity contribution < 1.29 is 9.52 Å². The first-order valence-corrected chi connectivity index (χ1v) is 5.23. The molecule has 14 heavy (non-hydrogen) atoms. The van der Waals surface area contributed by atoms with E-state index in [2.05, 4.69) is 5.32 Å². The van der Waals surface area contributed by atoms with Gasteiger partial charge in [-0.05, 0) is 44.5 Å². The van der Waals surface area contributed by atoms with Gasteiger partial charge in [0.15, 0.2) is 0 Å². The molecule has 1 saturated heterocycles. The van der Waals surface area contributed by atoms with Crippen molar-refractivity contribution >= 4 is 0 Å². The molecule has 1 aliphatic heterocycles. The Labute approximate surface area is 84.1 Å². The van der Waals surface area contributed by atoms with Crippen LogP contribution in [-0.4, -0.2) is 24.8 Å². The molecule has 2 rings (SSSR count). The van der Waals surface area contributed by atoms with Crippen LogP contribution in [0.4, 0.5) is 0 Å². The SMILES string of the molecule is OCC1(c2ccco2)CCCNCC1. The minimum absolute atomic E-state index is 0.146. The van der Waals surface area contributed by atoms with Gasteiger partial charge in [0.25, 0.3) is 0 Å². The summed E-state index contributed by atoms with van der Waals surface area (Å²) in [4.78, 5) is 0. The van der Waals surface area contributed by atoms with Crippen molar-refractivity contribution in [3.63, 3.8) is 0 Å². The Morgan fingerprint density at radius 1 is 1.43 bits per heavy atom. The van der Waals surface area contributed by atoms with Crippen molar-refractivity contribution in [2.24, 2.45) is 0 Å². The maximum Gasteiger partial charge on any atom is 0.112 e. The highest BCUT2D eigenvalue weighted by Crippen LogP contribution is 2.33. The number of aliphatic hydroxyl groups excluding tert-OH is 1. The number of furan rings is 1. The molecular formula is C11H17NO2. The molecule has 78 valence electrons. The third-order valence-electron chi connectivity index (χ3n) is 3.14. The molecule has 0 aliphatic carbocycles. The van der Waals surface area contributed by atoms with E-state index in [9.17, 15) is 5.11 Å². The summed E-state index contributed by atoms with van der Waals surface area (Å²) in [5.74, 6) is 0.934. The molecule has 0 amide bonds. The summed E-state index contributed by atoms with van der Waals surface area (Å²) in [6.45, 7) is 2.19. The number of hydrogen-bond acceptors (Lipinski definition) is 3. The quantitative estimate of drug-likeness (QED) is 0.747. The summed E-state index contributed by atoms with van der Waals surface area (Å²) >= 11 is 0. The first kappa shape index (κ1) is 9.74. The van der Waals surface area contributed by atoms with Gasteiger partial charge in [-0.2, -0.15) is 0 Å². The van der Waals surface area contributed by atoms with Gasteiger partial charge in [-0.3, -0.25) is 0 Å². The minimum Gasteiger partial charge on any atom is -0.469 e. The maximum absolute atomic E-state index is 9.55. The van der Waals surface area contributed by atoms with Crippen LogP contribution in [0.15, 0.2) is 22.8 Å². The molecule has 2 heterocycles. The Balaban J connectivity index is 2.23. The average Bonchev–Trinajstić information content (AvgIpc) is 2.64. The second-order valence-corrected chi connectivity index (χ2v) is 4.02. The van der Waals surface area contributed by atoms with Gasteiger partial charge >= 0.3 is 0 Å². The number of hydrogen-bond donors (Lipinski definition) is 2. The van der Waals surface area contributed by atoms with E-state index in [0.29, 0.717) is 0 Å². The summed E-state index contributed by atoms with van der Waals surface area (Å²) < 4.78 is 5.44. The van der Waals surface area contributed by atoms with Crippen LogP contribution < -0.4 is 5.32 Å². The van der Waals surface area contributed by atoms with Gasteiger partial charge in [0.05, 0.1) is 18.3 Å². The molecule has 3 heteroatoms. The van der Waals surface area contributed by atoms with E-state index in [1.807, 2.05) is 12.1 Å². The van der Waals surface area contributed by atoms with Crippen molar-refractivity contribution in [2.75, 3.05) is 19.7 Å². The van der Waals surface area contributed by atoms with Crippen LogP contribution in [0.2, 0.25) is 0 Å². The fourth-order valence-corrected chi connectivity index (χ4v) is 2.19. The van der Waals surface area contributed by atoms with Crippen LogP contribution in [0.1, 0.15) is 25.0 Å². The molecule has 0 bridgehead atoms. The van der Waals surface area contributed by atoms with E-state index in [4.69, 9.17) is 4.42 Å². The summed E-state index contributed by atoms with van der Waals surface area (Å²) in [7, 11) is 0. The maximum atomic E-state index is 9.55. The van der Waals surface area contributed by atoms with Crippen molar-refractivity contribution in [2.45, 2.75) is 24.7 Å². The van der Waals surface area contributed by atoms with Gasteiger partial charge in [0.2, 0.25) is 0 Å². The van der Waals surface area contributed by atoms with E-state index in [-0.39, 0.29) is 12.0 Å². The number of nitrogens with one attached hydrogen (secondary N) is 1. The zero-order valence-electron chi connectivity index (χ0n) is 8.33. The lowest BCUT2D eigenvalue weighted by atomic mass is 9.79. The fourth-order valence-electron chi connectivity index (χ4n) is 2.19. The molecule has 1 aromatic heterocycles. The van der Waals surface area contributed by atoms with Crippen LogP contribution in [0.25, 0.3) is 0 Å². The molecule has 1 aliphatic rings. The van der Waals surface area contributed by atoms with Gasteiger partial charge in [-0.25, -0.2) is 0 Å². The Kier molecular flexibility index (Phi) is 2.89. The molecular weight excluding hydrogens is 178 g/mol. The van der Waals surface area contributed by atoms with Crippen LogP contribution in [0.5, 0.6) is 0 Å². The van der Waals surface area contributed by atoms with Crippen molar-refractivity contribution in [1.29, 1.82) is 0 Å². The van der Waals surface area contributed by atoms with E-state index in [1.54, 1.807) is 6.26 Å². The zero-order valence-corrected chi connectivity index (χ0v) is 8.33. The molecule has 3 nitrogen and oxygen atoms in total. The lowest BCUT2D eigenvalue weighted by Crippen LogP contribution is -2.31. The Morgan fingerprint density at radius 2 is 2.36 bits per heavy atom. The summed E-state index contributed by atoms with van der Waals surface area (Å²) in [5.41, 5.74) is -0.146.